The number of ether oxygens (including phenoxy) is 1. The standard InChI is InChI=1S/C33H34ClF3N10O2S/c1-3-25(48)42-19-6-4-7-20(14-19)43-29-21(33(35,36)37)15-41-31(46-29)44-22-8-5-9-23(26(22)34)50-30-28(39)45-24(16-40-30)47-12-10-32(11-13-47)17-49-18(2)27(32)38/h3-9,14-16,18,27H,1,10-13,17,38H2,2H3,(H2,39,45)(H,42,48)(H2,41,43,44,46)/t18-,27+/m0/s1. The second-order valence-electron chi connectivity index (χ2n) is 12.0. The molecule has 0 unspecified atom stereocenters. The zero-order valence-corrected chi connectivity index (χ0v) is 28.4. The minimum atomic E-state index is -4.76. The van der Waals surface area contributed by atoms with Gasteiger partial charge in [-0.1, -0.05) is 42.1 Å². The number of hydrogen-bond donors (Lipinski definition) is 5. The molecule has 17 heteroatoms. The number of nitrogens with one attached hydrogen (secondary N) is 3. The van der Waals surface area contributed by atoms with Gasteiger partial charge < -0.3 is 37.1 Å². The average Bonchev–Trinajstić information content (AvgIpc) is 3.35. The van der Waals surface area contributed by atoms with Crippen LogP contribution in [0, 0.1) is 5.41 Å². The van der Waals surface area contributed by atoms with Gasteiger partial charge >= 0.3 is 6.18 Å². The Bertz CT molecular complexity index is 1910. The van der Waals surface area contributed by atoms with Crippen molar-refractivity contribution in [3.63, 3.8) is 0 Å². The maximum atomic E-state index is 13.9. The van der Waals surface area contributed by atoms with Gasteiger partial charge in [-0.2, -0.15) is 18.2 Å². The lowest BCUT2D eigenvalue weighted by Crippen LogP contribution is -2.50. The molecule has 6 rings (SSSR count). The lowest BCUT2D eigenvalue weighted by atomic mass is 9.73. The van der Waals surface area contributed by atoms with Gasteiger partial charge in [0.25, 0.3) is 0 Å². The average molecular weight is 727 g/mol. The summed E-state index contributed by atoms with van der Waals surface area (Å²) in [6, 6.07) is 11.2. The molecular formula is C33H34ClF3N10O2S. The molecule has 0 radical (unpaired) electrons. The summed E-state index contributed by atoms with van der Waals surface area (Å²) < 4.78 is 47.6. The van der Waals surface area contributed by atoms with E-state index >= 15 is 0 Å². The van der Waals surface area contributed by atoms with Crippen LogP contribution in [-0.2, 0) is 15.7 Å². The van der Waals surface area contributed by atoms with Crippen molar-refractivity contribution in [1.82, 2.24) is 19.9 Å². The zero-order chi connectivity index (χ0) is 35.6. The van der Waals surface area contributed by atoms with Crippen molar-refractivity contribution in [2.75, 3.05) is 46.3 Å². The number of halogens is 4. The van der Waals surface area contributed by atoms with Crippen LogP contribution in [0.25, 0.3) is 0 Å². The van der Waals surface area contributed by atoms with E-state index in [1.165, 1.54) is 23.9 Å². The number of carbonyl (C=O) groups excluding carboxylic acids is 1. The number of amides is 1. The van der Waals surface area contributed by atoms with Gasteiger partial charge in [-0.25, -0.2) is 15.0 Å². The van der Waals surface area contributed by atoms with Crippen molar-refractivity contribution in [1.29, 1.82) is 0 Å². The van der Waals surface area contributed by atoms with Crippen LogP contribution in [0.5, 0.6) is 0 Å². The molecule has 12 nitrogen and oxygen atoms in total. The van der Waals surface area contributed by atoms with Crippen LogP contribution >= 0.6 is 23.4 Å². The number of alkyl halides is 3. The summed E-state index contributed by atoms with van der Waals surface area (Å²) in [5, 5.41) is 8.83. The molecule has 262 valence electrons. The minimum Gasteiger partial charge on any atom is -0.381 e. The molecule has 0 bridgehead atoms. The summed E-state index contributed by atoms with van der Waals surface area (Å²) in [6.45, 7) is 7.59. The Balaban J connectivity index is 1.17. The molecule has 0 aliphatic carbocycles. The zero-order valence-electron chi connectivity index (χ0n) is 26.8. The first-order valence-electron chi connectivity index (χ1n) is 15.6. The van der Waals surface area contributed by atoms with Crippen LogP contribution in [0.4, 0.5) is 53.6 Å². The maximum Gasteiger partial charge on any atom is 0.421 e. The van der Waals surface area contributed by atoms with Gasteiger partial charge in [-0.3, -0.25) is 4.79 Å². The fourth-order valence-corrected chi connectivity index (χ4v) is 7.03. The first-order chi connectivity index (χ1) is 23.8. The van der Waals surface area contributed by atoms with E-state index in [0.717, 1.165) is 32.0 Å². The third-order valence-corrected chi connectivity index (χ3v) is 10.4. The number of anilines is 7. The highest BCUT2D eigenvalue weighted by atomic mass is 35.5. The van der Waals surface area contributed by atoms with Gasteiger partial charge in [-0.05, 0) is 56.2 Å². The number of nitrogens with zero attached hydrogens (tertiary/aromatic N) is 5. The van der Waals surface area contributed by atoms with Crippen molar-refractivity contribution in [3.05, 3.63) is 78.1 Å². The fraction of sp³-hybridized carbons (Fsp3) is 0.303. The highest BCUT2D eigenvalue weighted by Crippen LogP contribution is 2.43. The molecule has 4 heterocycles. The molecule has 2 atom stereocenters. The monoisotopic (exact) mass is 726 g/mol. The van der Waals surface area contributed by atoms with Gasteiger partial charge in [0, 0.05) is 47.0 Å². The number of carbonyl (C=O) groups is 1. The number of aromatic nitrogens is 4. The van der Waals surface area contributed by atoms with Crippen LogP contribution in [0.15, 0.2) is 77.4 Å². The predicted molar refractivity (Wildman–Crippen MR) is 188 cm³/mol. The number of nitrogen functional groups attached to an aromatic ring is 1. The number of benzene rings is 2. The Kier molecular flexibility index (Phi) is 10.1. The minimum absolute atomic E-state index is 0.00109. The Labute approximate surface area is 295 Å². The first-order valence-corrected chi connectivity index (χ1v) is 16.8. The lowest BCUT2D eigenvalue weighted by Gasteiger charge is -2.41. The summed E-state index contributed by atoms with van der Waals surface area (Å²) >= 11 is 7.94. The van der Waals surface area contributed by atoms with Crippen LogP contribution in [0.1, 0.15) is 25.3 Å². The summed E-state index contributed by atoms with van der Waals surface area (Å²) in [4.78, 5) is 31.6. The third kappa shape index (κ3) is 7.57. The van der Waals surface area contributed by atoms with Crippen molar-refractivity contribution in [2.24, 2.45) is 11.1 Å². The van der Waals surface area contributed by atoms with Crippen molar-refractivity contribution < 1.29 is 22.7 Å². The van der Waals surface area contributed by atoms with Crippen LogP contribution in [0.2, 0.25) is 5.02 Å². The molecule has 2 aromatic carbocycles. The highest BCUT2D eigenvalue weighted by molar-refractivity contribution is 7.99. The smallest absolute Gasteiger partial charge is 0.381 e. The second kappa shape index (κ2) is 14.3. The molecule has 1 spiro atoms. The van der Waals surface area contributed by atoms with Crippen molar-refractivity contribution in [3.8, 4) is 0 Å². The largest absolute Gasteiger partial charge is 0.421 e. The molecule has 7 N–H and O–H groups in total. The lowest BCUT2D eigenvalue weighted by molar-refractivity contribution is -0.137. The topological polar surface area (TPSA) is 169 Å². The van der Waals surface area contributed by atoms with Gasteiger partial charge in [0.05, 0.1) is 29.6 Å². The predicted octanol–water partition coefficient (Wildman–Crippen LogP) is 6.62. The second-order valence-corrected chi connectivity index (χ2v) is 13.4. The van der Waals surface area contributed by atoms with Gasteiger partial charge in [-0.15, -0.1) is 0 Å². The molecule has 2 saturated heterocycles. The molecule has 1 amide bonds. The summed E-state index contributed by atoms with van der Waals surface area (Å²) in [5.41, 5.74) is 12.6. The van der Waals surface area contributed by atoms with Gasteiger partial charge in [0.15, 0.2) is 5.82 Å². The molecule has 2 aliphatic rings. The van der Waals surface area contributed by atoms with Crippen LogP contribution in [0.3, 0.4) is 0 Å². The highest BCUT2D eigenvalue weighted by Gasteiger charge is 2.47. The van der Waals surface area contributed by atoms with Crippen molar-refractivity contribution >= 4 is 69.7 Å². The van der Waals surface area contributed by atoms with E-state index in [4.69, 9.17) is 27.8 Å². The van der Waals surface area contributed by atoms with E-state index in [0.29, 0.717) is 39.9 Å². The quantitative estimate of drug-likeness (QED) is 0.117. The van der Waals surface area contributed by atoms with E-state index in [1.54, 1.807) is 36.5 Å². The van der Waals surface area contributed by atoms with E-state index in [9.17, 15) is 18.0 Å². The first kappa shape index (κ1) is 35.2. The van der Waals surface area contributed by atoms with Crippen LogP contribution < -0.4 is 32.3 Å². The summed E-state index contributed by atoms with van der Waals surface area (Å²) in [6.07, 6.45) is 0.477. The number of nitrogens with two attached hydrogens (primary N) is 2. The Morgan fingerprint density at radius 1 is 1.12 bits per heavy atom. The summed E-state index contributed by atoms with van der Waals surface area (Å²) in [5.74, 6) is -0.230. The SMILES string of the molecule is C=CC(=O)Nc1cccc(Nc2nc(Nc3cccc(Sc4ncc(N5CCC6(CC5)CO[C@@H](C)[C@H]6N)nc4N)c3Cl)ncc2C(F)(F)F)c1. The Morgan fingerprint density at radius 3 is 2.54 bits per heavy atom. The van der Waals surface area contributed by atoms with E-state index < -0.39 is 23.5 Å². The Morgan fingerprint density at radius 2 is 1.86 bits per heavy atom. The van der Waals surface area contributed by atoms with Crippen LogP contribution in [-0.4, -0.2) is 57.7 Å². The normalized spacial score (nSPS) is 18.6. The molecule has 2 aromatic heterocycles. The Hall–Kier alpha value is -4.64. The molecule has 50 heavy (non-hydrogen) atoms. The molecule has 4 aromatic rings. The molecular weight excluding hydrogens is 693 g/mol. The van der Waals surface area contributed by atoms with E-state index in [1.807, 2.05) is 6.92 Å². The summed E-state index contributed by atoms with van der Waals surface area (Å²) in [7, 11) is 0. The van der Waals surface area contributed by atoms with E-state index in [2.05, 4.69) is 47.4 Å². The third-order valence-electron chi connectivity index (χ3n) is 8.77. The molecule has 2 fully saturated rings. The van der Waals surface area contributed by atoms with Gasteiger partial charge in [0.2, 0.25) is 11.9 Å². The number of hydrogen-bond acceptors (Lipinski definition) is 12. The number of rotatable bonds is 9. The fourth-order valence-electron chi connectivity index (χ4n) is 5.93. The maximum absolute atomic E-state index is 13.9. The van der Waals surface area contributed by atoms with E-state index in [-0.39, 0.29) is 40.0 Å². The molecule has 2 aliphatic heterocycles. The molecule has 0 saturated carbocycles. The van der Waals surface area contributed by atoms with Gasteiger partial charge in [0.1, 0.15) is 22.2 Å². The number of piperidine rings is 1. The van der Waals surface area contributed by atoms with Crippen molar-refractivity contribution in [2.45, 2.75) is 48.0 Å².